The molecule has 1 aromatic carbocycles. The van der Waals surface area contributed by atoms with E-state index < -0.39 is 0 Å². The largest absolute Gasteiger partial charge is 0.227 e. The smallest absolute Gasteiger partial charge is 0.161 e. The molecule has 0 atom stereocenters. The van der Waals surface area contributed by atoms with Crippen molar-refractivity contribution in [1.82, 2.24) is 9.97 Å². The first-order valence-electron chi connectivity index (χ1n) is 5.57. The first kappa shape index (κ1) is 12.6. The lowest BCUT2D eigenvalue weighted by Gasteiger charge is -2.04. The van der Waals surface area contributed by atoms with E-state index in [9.17, 15) is 0 Å². The van der Waals surface area contributed by atoms with Crippen LogP contribution in [0.5, 0.6) is 0 Å². The van der Waals surface area contributed by atoms with Gasteiger partial charge in [-0.1, -0.05) is 53.5 Å². The second-order valence-corrected chi connectivity index (χ2v) is 5.57. The molecule has 94 valence electrons. The van der Waals surface area contributed by atoms with Crippen LogP contribution in [-0.2, 0) is 0 Å². The van der Waals surface area contributed by atoms with Crippen molar-refractivity contribution in [2.24, 2.45) is 0 Å². The van der Waals surface area contributed by atoms with Crippen LogP contribution in [0.1, 0.15) is 0 Å². The second-order valence-electron chi connectivity index (χ2n) is 3.86. The average molecular weight is 307 g/mol. The minimum atomic E-state index is 0.410. The van der Waals surface area contributed by atoms with E-state index in [0.29, 0.717) is 16.0 Å². The molecule has 0 radical (unpaired) electrons. The predicted molar refractivity (Wildman–Crippen MR) is 80.8 cm³/mol. The van der Waals surface area contributed by atoms with Crippen LogP contribution in [0.25, 0.3) is 22.0 Å². The first-order valence-corrected chi connectivity index (χ1v) is 7.21. The highest BCUT2D eigenvalue weighted by Crippen LogP contribution is 2.33. The molecule has 0 spiro atoms. The molecule has 0 aliphatic carbocycles. The van der Waals surface area contributed by atoms with Crippen molar-refractivity contribution in [1.29, 1.82) is 0 Å². The summed E-state index contributed by atoms with van der Waals surface area (Å²) in [5, 5.41) is 3.02. The van der Waals surface area contributed by atoms with Crippen LogP contribution in [0.2, 0.25) is 10.2 Å². The molecule has 3 aromatic rings. The average Bonchev–Trinajstić information content (AvgIpc) is 2.85. The summed E-state index contributed by atoms with van der Waals surface area (Å²) in [7, 11) is 0. The van der Waals surface area contributed by atoms with Gasteiger partial charge in [-0.3, -0.25) is 0 Å². The Kier molecular flexibility index (Phi) is 3.51. The van der Waals surface area contributed by atoms with E-state index in [1.54, 1.807) is 6.07 Å². The Morgan fingerprint density at radius 1 is 0.947 bits per heavy atom. The highest BCUT2D eigenvalue weighted by atomic mass is 35.5. The van der Waals surface area contributed by atoms with Crippen LogP contribution < -0.4 is 0 Å². The van der Waals surface area contributed by atoms with Gasteiger partial charge in [-0.2, -0.15) is 0 Å². The molecule has 0 saturated heterocycles. The summed E-state index contributed by atoms with van der Waals surface area (Å²) in [5.74, 6) is 0.604. The SMILES string of the molecule is Clc1cc(-c2sccc2Cl)nc(-c2ccccc2)n1. The van der Waals surface area contributed by atoms with Gasteiger partial charge >= 0.3 is 0 Å². The molecular formula is C14H8Cl2N2S. The van der Waals surface area contributed by atoms with Crippen LogP contribution in [0.4, 0.5) is 0 Å². The van der Waals surface area contributed by atoms with Gasteiger partial charge in [0.05, 0.1) is 15.6 Å². The van der Waals surface area contributed by atoms with E-state index in [4.69, 9.17) is 23.2 Å². The number of thiophene rings is 1. The maximum atomic E-state index is 6.13. The fourth-order valence-electron chi connectivity index (χ4n) is 1.73. The Bertz CT molecular complexity index is 710. The molecule has 0 fully saturated rings. The van der Waals surface area contributed by atoms with Crippen LogP contribution >= 0.6 is 34.5 Å². The Balaban J connectivity index is 2.14. The van der Waals surface area contributed by atoms with Gasteiger partial charge in [0.25, 0.3) is 0 Å². The van der Waals surface area contributed by atoms with Gasteiger partial charge in [0.1, 0.15) is 5.15 Å². The molecule has 0 bridgehead atoms. The summed E-state index contributed by atoms with van der Waals surface area (Å²) in [6, 6.07) is 13.3. The summed E-state index contributed by atoms with van der Waals surface area (Å²) in [4.78, 5) is 9.70. The van der Waals surface area contributed by atoms with Crippen molar-refractivity contribution < 1.29 is 0 Å². The number of benzene rings is 1. The molecule has 0 saturated carbocycles. The molecule has 19 heavy (non-hydrogen) atoms. The molecule has 0 aliphatic heterocycles. The molecule has 5 heteroatoms. The van der Waals surface area contributed by atoms with Gasteiger partial charge in [0, 0.05) is 11.6 Å². The quantitative estimate of drug-likeness (QED) is 0.610. The standard InChI is InChI=1S/C14H8Cl2N2S/c15-10-6-7-19-13(10)11-8-12(16)18-14(17-11)9-4-2-1-3-5-9/h1-8H. The normalized spacial score (nSPS) is 10.6. The Morgan fingerprint density at radius 3 is 2.42 bits per heavy atom. The number of halogens is 2. The van der Waals surface area contributed by atoms with Crippen molar-refractivity contribution in [3.63, 3.8) is 0 Å². The monoisotopic (exact) mass is 306 g/mol. The molecule has 0 aliphatic rings. The molecular weight excluding hydrogens is 299 g/mol. The molecule has 0 amide bonds. The first-order chi connectivity index (χ1) is 9.24. The third-order valence-electron chi connectivity index (χ3n) is 2.58. The van der Waals surface area contributed by atoms with Crippen LogP contribution in [-0.4, -0.2) is 9.97 Å². The van der Waals surface area contributed by atoms with Crippen molar-refractivity contribution in [3.8, 4) is 22.0 Å². The summed E-state index contributed by atoms with van der Waals surface area (Å²) in [5.41, 5.74) is 1.68. The van der Waals surface area contributed by atoms with Crippen molar-refractivity contribution in [2.75, 3.05) is 0 Å². The van der Waals surface area contributed by atoms with Crippen molar-refractivity contribution >= 4 is 34.5 Å². The summed E-state index contributed by atoms with van der Waals surface area (Å²) in [6.45, 7) is 0. The zero-order valence-corrected chi connectivity index (χ0v) is 12.0. The highest BCUT2D eigenvalue weighted by Gasteiger charge is 2.11. The lowest BCUT2D eigenvalue weighted by Crippen LogP contribution is -1.92. The number of hydrogen-bond donors (Lipinski definition) is 0. The van der Waals surface area contributed by atoms with E-state index in [1.165, 1.54) is 11.3 Å². The Morgan fingerprint density at radius 2 is 1.74 bits per heavy atom. The van der Waals surface area contributed by atoms with E-state index in [-0.39, 0.29) is 0 Å². The zero-order chi connectivity index (χ0) is 13.2. The summed E-state index contributed by atoms with van der Waals surface area (Å²) < 4.78 is 0. The topological polar surface area (TPSA) is 25.8 Å². The number of rotatable bonds is 2. The minimum absolute atomic E-state index is 0.410. The number of nitrogens with zero attached hydrogens (tertiary/aromatic N) is 2. The fourth-order valence-corrected chi connectivity index (χ4v) is 3.02. The predicted octanol–water partition coefficient (Wildman–Crippen LogP) is 5.18. The van der Waals surface area contributed by atoms with Gasteiger partial charge in [-0.25, -0.2) is 9.97 Å². The lowest BCUT2D eigenvalue weighted by atomic mass is 10.2. The molecule has 2 aromatic heterocycles. The third kappa shape index (κ3) is 2.63. The van der Waals surface area contributed by atoms with Crippen molar-refractivity contribution in [2.45, 2.75) is 0 Å². The maximum Gasteiger partial charge on any atom is 0.161 e. The minimum Gasteiger partial charge on any atom is -0.227 e. The van der Waals surface area contributed by atoms with E-state index in [2.05, 4.69) is 9.97 Å². The van der Waals surface area contributed by atoms with E-state index in [0.717, 1.165) is 16.1 Å². The Hall–Kier alpha value is -1.42. The van der Waals surface area contributed by atoms with Gasteiger partial charge in [0.2, 0.25) is 0 Å². The Labute approximate surface area is 124 Å². The van der Waals surface area contributed by atoms with Gasteiger partial charge in [-0.15, -0.1) is 11.3 Å². The lowest BCUT2D eigenvalue weighted by molar-refractivity contribution is 1.18. The zero-order valence-electron chi connectivity index (χ0n) is 9.68. The van der Waals surface area contributed by atoms with Crippen molar-refractivity contribution in [3.05, 3.63) is 58.0 Å². The van der Waals surface area contributed by atoms with Gasteiger partial charge in [0.15, 0.2) is 5.82 Å². The highest BCUT2D eigenvalue weighted by molar-refractivity contribution is 7.14. The van der Waals surface area contributed by atoms with Crippen LogP contribution in [0, 0.1) is 0 Å². The second kappa shape index (κ2) is 5.29. The number of hydrogen-bond acceptors (Lipinski definition) is 3. The number of aromatic nitrogens is 2. The third-order valence-corrected chi connectivity index (χ3v) is 4.13. The molecule has 0 N–H and O–H groups in total. The van der Waals surface area contributed by atoms with E-state index >= 15 is 0 Å². The van der Waals surface area contributed by atoms with Gasteiger partial charge < -0.3 is 0 Å². The van der Waals surface area contributed by atoms with Crippen LogP contribution in [0.3, 0.4) is 0 Å². The van der Waals surface area contributed by atoms with Gasteiger partial charge in [-0.05, 0) is 11.4 Å². The molecule has 2 heterocycles. The summed E-state index contributed by atoms with van der Waals surface area (Å²) in [6.07, 6.45) is 0. The molecule has 2 nitrogen and oxygen atoms in total. The van der Waals surface area contributed by atoms with Crippen LogP contribution in [0.15, 0.2) is 47.8 Å². The molecule has 3 rings (SSSR count). The maximum absolute atomic E-state index is 6.13. The van der Waals surface area contributed by atoms with E-state index in [1.807, 2.05) is 41.8 Å². The summed E-state index contributed by atoms with van der Waals surface area (Å²) >= 11 is 13.7. The fraction of sp³-hybridized carbons (Fsp3) is 0. The molecule has 0 unspecified atom stereocenters.